The monoisotopic (exact) mass is 220 g/mol. The van der Waals surface area contributed by atoms with Crippen molar-refractivity contribution in [2.75, 3.05) is 0 Å². The molecule has 2 aliphatic rings. The van der Waals surface area contributed by atoms with Crippen LogP contribution < -0.4 is 0 Å². The van der Waals surface area contributed by atoms with E-state index in [-0.39, 0.29) is 0 Å². The molecule has 0 heteroatoms. The van der Waals surface area contributed by atoms with Crippen LogP contribution in [0.15, 0.2) is 11.1 Å². The fourth-order valence-corrected chi connectivity index (χ4v) is 3.50. The Bertz CT molecular complexity index is 212. The molecular weight excluding hydrogens is 192 g/mol. The van der Waals surface area contributed by atoms with Gasteiger partial charge in [-0.15, -0.1) is 0 Å². The molecule has 0 aromatic rings. The van der Waals surface area contributed by atoms with E-state index < -0.39 is 0 Å². The van der Waals surface area contributed by atoms with Crippen LogP contribution >= 0.6 is 0 Å². The highest BCUT2D eigenvalue weighted by Crippen LogP contribution is 2.37. The van der Waals surface area contributed by atoms with Crippen molar-refractivity contribution >= 4 is 0 Å². The molecule has 0 amide bonds. The van der Waals surface area contributed by atoms with Crippen LogP contribution in [0.5, 0.6) is 0 Å². The van der Waals surface area contributed by atoms with Crippen LogP contribution in [0.1, 0.15) is 84.0 Å². The Labute approximate surface area is 102 Å². The molecule has 2 rings (SSSR count). The molecule has 0 aliphatic heterocycles. The van der Waals surface area contributed by atoms with Gasteiger partial charge in [-0.3, -0.25) is 0 Å². The molecule has 0 aromatic carbocycles. The number of allylic oxidation sites excluding steroid dienone is 2. The van der Waals surface area contributed by atoms with E-state index >= 15 is 0 Å². The van der Waals surface area contributed by atoms with E-state index in [4.69, 9.17) is 0 Å². The van der Waals surface area contributed by atoms with Gasteiger partial charge in [0.05, 0.1) is 0 Å². The van der Waals surface area contributed by atoms with Gasteiger partial charge < -0.3 is 0 Å². The maximum absolute atomic E-state index is 2.44. The maximum atomic E-state index is 2.44. The number of rotatable bonds is 0. The summed E-state index contributed by atoms with van der Waals surface area (Å²) in [5, 5.41) is 0. The van der Waals surface area contributed by atoms with E-state index in [0.717, 1.165) is 5.92 Å². The van der Waals surface area contributed by atoms with E-state index in [1.807, 2.05) is 11.1 Å². The Morgan fingerprint density at radius 1 is 0.625 bits per heavy atom. The van der Waals surface area contributed by atoms with E-state index in [2.05, 4.69) is 6.92 Å². The molecule has 0 radical (unpaired) electrons. The van der Waals surface area contributed by atoms with Gasteiger partial charge in [-0.05, 0) is 44.4 Å². The number of hydrogen-bond donors (Lipinski definition) is 0. The second-order valence-electron chi connectivity index (χ2n) is 6.05. The minimum absolute atomic E-state index is 0.954. The zero-order valence-corrected chi connectivity index (χ0v) is 11.1. The summed E-state index contributed by atoms with van der Waals surface area (Å²) in [5.74, 6) is 0.954. The molecule has 0 nitrogen and oxygen atoms in total. The third-order valence-corrected chi connectivity index (χ3v) is 4.40. The molecule has 0 fully saturated rings. The lowest BCUT2D eigenvalue weighted by Gasteiger charge is -2.10. The van der Waals surface area contributed by atoms with Gasteiger partial charge in [0.2, 0.25) is 0 Å². The summed E-state index contributed by atoms with van der Waals surface area (Å²) in [5.41, 5.74) is 3.74. The molecule has 0 bridgehead atoms. The van der Waals surface area contributed by atoms with E-state index in [0.29, 0.717) is 0 Å². The van der Waals surface area contributed by atoms with Gasteiger partial charge >= 0.3 is 0 Å². The first-order chi connectivity index (χ1) is 7.86. The molecule has 16 heavy (non-hydrogen) atoms. The lowest BCUT2D eigenvalue weighted by Crippen LogP contribution is -1.90. The quantitative estimate of drug-likeness (QED) is 0.464. The Morgan fingerprint density at radius 3 is 1.44 bits per heavy atom. The van der Waals surface area contributed by atoms with Crippen LogP contribution in [0.4, 0.5) is 0 Å². The van der Waals surface area contributed by atoms with Crippen LogP contribution in [0.2, 0.25) is 0 Å². The predicted molar refractivity (Wildman–Crippen MR) is 71.6 cm³/mol. The van der Waals surface area contributed by atoms with Crippen molar-refractivity contribution in [3.05, 3.63) is 11.1 Å². The SMILES string of the molecule is CC1CC2=C(CCCCCCCCCC2)C1. The average molecular weight is 220 g/mol. The van der Waals surface area contributed by atoms with Crippen molar-refractivity contribution < 1.29 is 0 Å². The van der Waals surface area contributed by atoms with Crippen LogP contribution in [-0.2, 0) is 0 Å². The first-order valence-corrected chi connectivity index (χ1v) is 7.56. The smallest absolute Gasteiger partial charge is 0.0289 e. The Morgan fingerprint density at radius 2 is 1.00 bits per heavy atom. The first-order valence-electron chi connectivity index (χ1n) is 7.56. The Kier molecular flexibility index (Phi) is 4.93. The van der Waals surface area contributed by atoms with Gasteiger partial charge in [-0.25, -0.2) is 0 Å². The van der Waals surface area contributed by atoms with Crippen molar-refractivity contribution in [2.24, 2.45) is 5.92 Å². The largest absolute Gasteiger partial charge is 0.0707 e. The highest BCUT2D eigenvalue weighted by Gasteiger charge is 2.19. The van der Waals surface area contributed by atoms with Crippen molar-refractivity contribution in [2.45, 2.75) is 84.0 Å². The minimum Gasteiger partial charge on any atom is -0.0707 e. The summed E-state index contributed by atoms with van der Waals surface area (Å²) in [4.78, 5) is 0. The molecule has 0 saturated carbocycles. The van der Waals surface area contributed by atoms with Gasteiger partial charge in [-0.2, -0.15) is 0 Å². The molecule has 92 valence electrons. The van der Waals surface area contributed by atoms with Crippen LogP contribution in [0, 0.1) is 5.92 Å². The van der Waals surface area contributed by atoms with Gasteiger partial charge in [0, 0.05) is 0 Å². The second-order valence-corrected chi connectivity index (χ2v) is 6.05. The molecular formula is C16H28. The van der Waals surface area contributed by atoms with Gasteiger partial charge in [0.15, 0.2) is 0 Å². The summed E-state index contributed by atoms with van der Waals surface area (Å²) < 4.78 is 0. The van der Waals surface area contributed by atoms with E-state index in [1.165, 1.54) is 77.0 Å². The van der Waals surface area contributed by atoms with Crippen molar-refractivity contribution in [3.63, 3.8) is 0 Å². The summed E-state index contributed by atoms with van der Waals surface area (Å²) in [6.45, 7) is 2.44. The molecule has 0 heterocycles. The fourth-order valence-electron chi connectivity index (χ4n) is 3.50. The zero-order chi connectivity index (χ0) is 11.2. The van der Waals surface area contributed by atoms with E-state index in [9.17, 15) is 0 Å². The highest BCUT2D eigenvalue weighted by atomic mass is 14.3. The third kappa shape index (κ3) is 3.64. The lowest BCUT2D eigenvalue weighted by atomic mass is 9.97. The lowest BCUT2D eigenvalue weighted by molar-refractivity contribution is 0.558. The van der Waals surface area contributed by atoms with Gasteiger partial charge in [-0.1, -0.05) is 56.6 Å². The van der Waals surface area contributed by atoms with Gasteiger partial charge in [0.25, 0.3) is 0 Å². The van der Waals surface area contributed by atoms with Crippen LogP contribution in [0.3, 0.4) is 0 Å². The van der Waals surface area contributed by atoms with Crippen LogP contribution in [0.25, 0.3) is 0 Å². The minimum atomic E-state index is 0.954. The Hall–Kier alpha value is -0.260. The highest BCUT2D eigenvalue weighted by molar-refractivity contribution is 5.21. The molecule has 0 aromatic heterocycles. The van der Waals surface area contributed by atoms with E-state index in [1.54, 1.807) is 0 Å². The normalized spacial score (nSPS) is 26.1. The molecule has 0 atom stereocenters. The Balaban J connectivity index is 1.90. The van der Waals surface area contributed by atoms with Crippen molar-refractivity contribution in [3.8, 4) is 0 Å². The summed E-state index contributed by atoms with van der Waals surface area (Å²) >= 11 is 0. The summed E-state index contributed by atoms with van der Waals surface area (Å²) in [6, 6.07) is 0. The standard InChI is InChI=1S/C16H28/c1-14-12-15-10-8-6-4-2-3-5-7-9-11-16(15)13-14/h14H,2-13H2,1H3. The summed E-state index contributed by atoms with van der Waals surface area (Å²) in [7, 11) is 0. The zero-order valence-electron chi connectivity index (χ0n) is 11.1. The summed E-state index contributed by atoms with van der Waals surface area (Å²) in [6.07, 6.45) is 17.5. The van der Waals surface area contributed by atoms with Crippen LogP contribution in [-0.4, -0.2) is 0 Å². The second kappa shape index (κ2) is 6.47. The van der Waals surface area contributed by atoms with Crippen molar-refractivity contribution in [1.82, 2.24) is 0 Å². The molecule has 2 aliphatic carbocycles. The molecule has 0 N–H and O–H groups in total. The predicted octanol–water partition coefficient (Wildman–Crippen LogP) is 5.63. The molecule has 0 unspecified atom stereocenters. The molecule has 0 saturated heterocycles. The van der Waals surface area contributed by atoms with Crippen molar-refractivity contribution in [1.29, 1.82) is 0 Å². The maximum Gasteiger partial charge on any atom is -0.0289 e. The first kappa shape index (κ1) is 12.2. The fraction of sp³-hybridized carbons (Fsp3) is 0.875. The topological polar surface area (TPSA) is 0 Å². The molecule has 0 spiro atoms. The van der Waals surface area contributed by atoms with Gasteiger partial charge in [0.1, 0.15) is 0 Å². The number of hydrogen-bond acceptors (Lipinski definition) is 0. The average Bonchev–Trinajstić information content (AvgIpc) is 2.59. The third-order valence-electron chi connectivity index (χ3n) is 4.40.